The van der Waals surface area contributed by atoms with E-state index in [0.717, 1.165) is 5.19 Å². The Morgan fingerprint density at radius 2 is 0.885 bits per heavy atom. The molecule has 0 saturated carbocycles. The SMILES string of the molecule is Cc1ccccc1[Si]1(C)O[Si](C)(C)O[Si](C)(C)O[Si](C)(C)O[Si](C)(C)O1. The molecule has 0 bridgehead atoms. The van der Waals surface area contributed by atoms with Gasteiger partial charge < -0.3 is 20.6 Å². The van der Waals surface area contributed by atoms with Crippen molar-refractivity contribution < 1.29 is 20.6 Å². The molecule has 148 valence electrons. The molecule has 0 amide bonds. The Hall–Kier alpha value is 0.104. The van der Waals surface area contributed by atoms with Crippen molar-refractivity contribution in [3.05, 3.63) is 29.8 Å². The Morgan fingerprint density at radius 1 is 0.538 bits per heavy atom. The van der Waals surface area contributed by atoms with Gasteiger partial charge in [-0.3, -0.25) is 0 Å². The second kappa shape index (κ2) is 7.17. The lowest BCUT2D eigenvalue weighted by molar-refractivity contribution is 0.242. The van der Waals surface area contributed by atoms with Crippen molar-refractivity contribution in [2.75, 3.05) is 0 Å². The molecule has 1 aliphatic heterocycles. The summed E-state index contributed by atoms with van der Waals surface area (Å²) in [5.74, 6) is 0. The van der Waals surface area contributed by atoms with Crippen molar-refractivity contribution in [2.24, 2.45) is 0 Å². The molecule has 5 nitrogen and oxygen atoms in total. The third-order valence-corrected chi connectivity index (χ3v) is 24.4. The molecule has 1 aromatic carbocycles. The fraction of sp³-hybridized carbons (Fsp3) is 0.625. The monoisotopic (exact) mass is 446 g/mol. The topological polar surface area (TPSA) is 46.2 Å². The summed E-state index contributed by atoms with van der Waals surface area (Å²) in [6.07, 6.45) is 0. The molecule has 0 aromatic heterocycles. The Bertz CT molecular complexity index is 632. The summed E-state index contributed by atoms with van der Waals surface area (Å²) < 4.78 is 33.0. The Morgan fingerprint density at radius 3 is 1.27 bits per heavy atom. The van der Waals surface area contributed by atoms with Crippen molar-refractivity contribution in [1.82, 2.24) is 0 Å². The van der Waals surface area contributed by atoms with Gasteiger partial charge in [-0.05, 0) is 76.6 Å². The maximum absolute atomic E-state index is 6.77. The smallest absolute Gasteiger partial charge is 0.351 e. The van der Waals surface area contributed by atoms with Gasteiger partial charge >= 0.3 is 42.8 Å². The minimum atomic E-state index is -2.73. The molecule has 1 heterocycles. The highest BCUT2D eigenvalue weighted by Gasteiger charge is 2.53. The van der Waals surface area contributed by atoms with E-state index in [2.05, 4.69) is 90.1 Å². The molecule has 1 aromatic rings. The maximum Gasteiger partial charge on any atom is 0.351 e. The Labute approximate surface area is 164 Å². The van der Waals surface area contributed by atoms with Crippen LogP contribution in [0.15, 0.2) is 24.3 Å². The van der Waals surface area contributed by atoms with Gasteiger partial charge in [-0.25, -0.2) is 0 Å². The van der Waals surface area contributed by atoms with E-state index in [1.165, 1.54) is 5.56 Å². The first-order valence-electron chi connectivity index (χ1n) is 9.12. The van der Waals surface area contributed by atoms with E-state index in [4.69, 9.17) is 20.6 Å². The van der Waals surface area contributed by atoms with Gasteiger partial charge in [0.1, 0.15) is 0 Å². The van der Waals surface area contributed by atoms with E-state index < -0.39 is 42.8 Å². The molecule has 0 atom stereocenters. The van der Waals surface area contributed by atoms with Gasteiger partial charge in [-0.2, -0.15) is 0 Å². The van der Waals surface area contributed by atoms with Gasteiger partial charge in [0.2, 0.25) is 0 Å². The normalized spacial score (nSPS) is 26.8. The van der Waals surface area contributed by atoms with Crippen LogP contribution in [0.5, 0.6) is 0 Å². The highest BCUT2D eigenvalue weighted by atomic mass is 28.5. The Balaban J connectivity index is 2.57. The van der Waals surface area contributed by atoms with Gasteiger partial charge in [0.05, 0.1) is 0 Å². The van der Waals surface area contributed by atoms with Crippen LogP contribution in [0, 0.1) is 6.92 Å². The van der Waals surface area contributed by atoms with E-state index in [1.807, 2.05) is 0 Å². The largest absolute Gasteiger partial charge is 0.416 e. The minimum absolute atomic E-state index is 1.16. The molecule has 0 aliphatic carbocycles. The summed E-state index contributed by atoms with van der Waals surface area (Å²) in [6.45, 7) is 21.0. The molecule has 2 rings (SSSR count). The van der Waals surface area contributed by atoms with E-state index in [1.54, 1.807) is 0 Å². The van der Waals surface area contributed by atoms with Crippen LogP contribution in [-0.2, 0) is 20.6 Å². The Kier molecular flexibility index (Phi) is 6.18. The van der Waals surface area contributed by atoms with Gasteiger partial charge in [0.15, 0.2) is 0 Å². The first-order chi connectivity index (χ1) is 11.6. The molecular weight excluding hydrogens is 413 g/mol. The highest BCUT2D eigenvalue weighted by Crippen LogP contribution is 2.31. The van der Waals surface area contributed by atoms with Crippen LogP contribution in [0.2, 0.25) is 58.9 Å². The van der Waals surface area contributed by atoms with Crippen LogP contribution in [0.3, 0.4) is 0 Å². The first-order valence-corrected chi connectivity index (χ1v) is 22.7. The van der Waals surface area contributed by atoms with Crippen LogP contribution < -0.4 is 5.19 Å². The second-order valence-corrected chi connectivity index (χ2v) is 26.6. The lowest BCUT2D eigenvalue weighted by atomic mass is 10.2. The van der Waals surface area contributed by atoms with E-state index in [9.17, 15) is 0 Å². The lowest BCUT2D eigenvalue weighted by Crippen LogP contribution is -2.68. The molecular formula is C16H34O5Si5. The summed E-state index contributed by atoms with van der Waals surface area (Å²) in [7, 11) is -12.4. The second-order valence-electron chi connectivity index (χ2n) is 8.87. The maximum atomic E-state index is 6.77. The minimum Gasteiger partial charge on any atom is -0.416 e. The zero-order valence-corrected chi connectivity index (χ0v) is 22.9. The molecule has 0 radical (unpaired) electrons. The van der Waals surface area contributed by atoms with Gasteiger partial charge in [-0.1, -0.05) is 24.3 Å². The predicted octanol–water partition coefficient (Wildman–Crippen LogP) is 4.18. The van der Waals surface area contributed by atoms with E-state index in [-0.39, 0.29) is 0 Å². The van der Waals surface area contributed by atoms with Crippen LogP contribution in [0.1, 0.15) is 5.56 Å². The van der Waals surface area contributed by atoms with Crippen LogP contribution in [-0.4, -0.2) is 42.8 Å². The molecule has 0 spiro atoms. The van der Waals surface area contributed by atoms with Gasteiger partial charge in [-0.15, -0.1) is 0 Å². The van der Waals surface area contributed by atoms with Crippen LogP contribution in [0.25, 0.3) is 0 Å². The van der Waals surface area contributed by atoms with Crippen LogP contribution >= 0.6 is 0 Å². The van der Waals surface area contributed by atoms with Crippen LogP contribution in [0.4, 0.5) is 0 Å². The fourth-order valence-electron chi connectivity index (χ4n) is 4.01. The first kappa shape index (κ1) is 22.4. The third kappa shape index (κ3) is 5.80. The van der Waals surface area contributed by atoms with Crippen molar-refractivity contribution in [1.29, 1.82) is 0 Å². The van der Waals surface area contributed by atoms with E-state index in [0.29, 0.717) is 0 Å². The molecule has 10 heteroatoms. The lowest BCUT2D eigenvalue weighted by Gasteiger charge is -2.47. The molecule has 1 fully saturated rings. The predicted molar refractivity (Wildman–Crippen MR) is 118 cm³/mol. The number of hydrogen-bond donors (Lipinski definition) is 0. The zero-order valence-electron chi connectivity index (χ0n) is 17.9. The van der Waals surface area contributed by atoms with Gasteiger partial charge in [0.25, 0.3) is 0 Å². The zero-order chi connectivity index (χ0) is 20.0. The summed E-state index contributed by atoms with van der Waals surface area (Å²) in [5.41, 5.74) is 1.19. The highest BCUT2D eigenvalue weighted by molar-refractivity contribution is 6.97. The number of benzene rings is 1. The van der Waals surface area contributed by atoms with Crippen molar-refractivity contribution >= 4 is 48.0 Å². The van der Waals surface area contributed by atoms with Crippen molar-refractivity contribution in [3.63, 3.8) is 0 Å². The number of hydrogen-bond acceptors (Lipinski definition) is 5. The average Bonchev–Trinajstić information content (AvgIpc) is 2.30. The van der Waals surface area contributed by atoms with E-state index >= 15 is 0 Å². The summed E-state index contributed by atoms with van der Waals surface area (Å²) in [4.78, 5) is 0. The molecule has 1 saturated heterocycles. The average molecular weight is 447 g/mol. The summed E-state index contributed by atoms with van der Waals surface area (Å²) in [5, 5.41) is 1.16. The summed E-state index contributed by atoms with van der Waals surface area (Å²) >= 11 is 0. The molecule has 0 N–H and O–H groups in total. The molecule has 26 heavy (non-hydrogen) atoms. The fourth-order valence-corrected chi connectivity index (χ4v) is 30.5. The third-order valence-electron chi connectivity index (χ3n) is 3.99. The van der Waals surface area contributed by atoms with Crippen molar-refractivity contribution in [2.45, 2.75) is 65.8 Å². The molecule has 1 aliphatic rings. The standard InChI is InChI=1S/C16H34O5Si5/c1-15-13-11-12-14-16(15)26(10)20-24(6,7)18-22(2,3)17-23(4,5)19-25(8,9)21-26/h11-14H,1-10H3. The molecule has 0 unspecified atom stereocenters. The summed E-state index contributed by atoms with van der Waals surface area (Å²) in [6, 6.07) is 8.35. The van der Waals surface area contributed by atoms with Crippen molar-refractivity contribution in [3.8, 4) is 0 Å². The quantitative estimate of drug-likeness (QED) is 0.606. The van der Waals surface area contributed by atoms with Gasteiger partial charge in [0, 0.05) is 0 Å². The number of rotatable bonds is 1. The number of aryl methyl sites for hydroxylation is 1.